The zero-order valence-electron chi connectivity index (χ0n) is 10.9. The molecular formula is C14H23NOS. The summed E-state index contributed by atoms with van der Waals surface area (Å²) < 4.78 is 0. The van der Waals surface area contributed by atoms with Crippen LogP contribution in [0.2, 0.25) is 0 Å². The Morgan fingerprint density at radius 2 is 2.24 bits per heavy atom. The topological polar surface area (TPSA) is 23.5 Å². The molecule has 17 heavy (non-hydrogen) atoms. The smallest absolute Gasteiger partial charge is 0.0919 e. The maximum atomic E-state index is 10.9. The predicted octanol–water partition coefficient (Wildman–Crippen LogP) is 3.14. The summed E-state index contributed by atoms with van der Waals surface area (Å²) >= 11 is 1.74. The molecule has 96 valence electrons. The molecule has 1 aliphatic heterocycles. The predicted molar refractivity (Wildman–Crippen MR) is 73.5 cm³/mol. The van der Waals surface area contributed by atoms with Crippen LogP contribution in [0.15, 0.2) is 11.4 Å². The first-order valence-corrected chi connectivity index (χ1v) is 7.53. The van der Waals surface area contributed by atoms with Crippen molar-refractivity contribution in [2.24, 2.45) is 0 Å². The summed E-state index contributed by atoms with van der Waals surface area (Å²) in [7, 11) is 0. The minimum Gasteiger partial charge on any atom is -0.385 e. The third-order valence-electron chi connectivity index (χ3n) is 3.81. The third kappa shape index (κ3) is 2.90. The minimum absolute atomic E-state index is 0.577. The van der Waals surface area contributed by atoms with Gasteiger partial charge in [0.15, 0.2) is 0 Å². The van der Waals surface area contributed by atoms with E-state index in [9.17, 15) is 5.11 Å². The van der Waals surface area contributed by atoms with Crippen molar-refractivity contribution in [1.29, 1.82) is 0 Å². The average Bonchev–Trinajstić information content (AvgIpc) is 2.64. The van der Waals surface area contributed by atoms with Gasteiger partial charge in [-0.15, -0.1) is 11.3 Å². The Morgan fingerprint density at radius 3 is 2.88 bits per heavy atom. The number of hydrogen-bond donors (Lipinski definition) is 1. The number of hydrogen-bond acceptors (Lipinski definition) is 3. The fraction of sp³-hybridized carbons (Fsp3) is 0.714. The second-order valence-electron chi connectivity index (χ2n) is 5.12. The van der Waals surface area contributed by atoms with Crippen LogP contribution in [0.1, 0.15) is 43.0 Å². The molecule has 1 aromatic heterocycles. The van der Waals surface area contributed by atoms with Gasteiger partial charge in [-0.05, 0) is 62.7 Å². The molecular weight excluding hydrogens is 230 g/mol. The fourth-order valence-electron chi connectivity index (χ4n) is 2.85. The van der Waals surface area contributed by atoms with E-state index in [0.29, 0.717) is 0 Å². The molecule has 0 bridgehead atoms. The number of aliphatic hydroxyl groups is 1. The van der Waals surface area contributed by atoms with E-state index in [-0.39, 0.29) is 0 Å². The lowest BCUT2D eigenvalue weighted by Crippen LogP contribution is -2.29. The number of rotatable bonds is 3. The van der Waals surface area contributed by atoms with Crippen LogP contribution < -0.4 is 0 Å². The molecule has 1 fully saturated rings. The summed E-state index contributed by atoms with van der Waals surface area (Å²) in [6.45, 7) is 7.67. The molecule has 0 spiro atoms. The number of thiophene rings is 1. The van der Waals surface area contributed by atoms with Crippen molar-refractivity contribution < 1.29 is 5.11 Å². The van der Waals surface area contributed by atoms with Gasteiger partial charge in [-0.3, -0.25) is 0 Å². The molecule has 0 saturated carbocycles. The van der Waals surface area contributed by atoms with Crippen molar-refractivity contribution in [3.63, 3.8) is 0 Å². The molecule has 1 saturated heterocycles. The van der Waals surface area contributed by atoms with E-state index >= 15 is 0 Å². The quantitative estimate of drug-likeness (QED) is 0.894. The Labute approximate surface area is 108 Å². The summed E-state index contributed by atoms with van der Waals surface area (Å²) in [5.41, 5.74) is 0.591. The Bertz CT molecular complexity index is 363. The summed E-state index contributed by atoms with van der Waals surface area (Å²) in [4.78, 5) is 3.76. The van der Waals surface area contributed by atoms with Crippen molar-refractivity contribution in [3.05, 3.63) is 21.9 Å². The van der Waals surface area contributed by atoms with E-state index in [0.717, 1.165) is 32.4 Å². The molecule has 1 unspecified atom stereocenters. The first-order chi connectivity index (χ1) is 8.15. The maximum Gasteiger partial charge on any atom is 0.0919 e. The molecule has 0 radical (unpaired) electrons. The maximum absolute atomic E-state index is 10.9. The SMILES string of the molecule is CCCN1CCCC(O)(c2ccsc2C)CC1. The lowest BCUT2D eigenvalue weighted by Gasteiger charge is -2.27. The molecule has 2 rings (SSSR count). The minimum atomic E-state index is -0.577. The largest absolute Gasteiger partial charge is 0.385 e. The first kappa shape index (κ1) is 13.1. The molecule has 0 amide bonds. The summed E-state index contributed by atoms with van der Waals surface area (Å²) in [5.74, 6) is 0. The Hall–Kier alpha value is -0.380. The van der Waals surface area contributed by atoms with Crippen molar-refractivity contribution in [2.75, 3.05) is 19.6 Å². The summed E-state index contributed by atoms with van der Waals surface area (Å²) in [6, 6.07) is 2.11. The molecule has 1 aliphatic rings. The van der Waals surface area contributed by atoms with Gasteiger partial charge in [0.05, 0.1) is 5.60 Å². The van der Waals surface area contributed by atoms with E-state index in [1.165, 1.54) is 23.4 Å². The van der Waals surface area contributed by atoms with Gasteiger partial charge < -0.3 is 10.0 Å². The number of aryl methyl sites for hydroxylation is 1. The first-order valence-electron chi connectivity index (χ1n) is 6.65. The summed E-state index contributed by atoms with van der Waals surface area (Å²) in [6.07, 6.45) is 4.09. The van der Waals surface area contributed by atoms with E-state index in [1.807, 2.05) is 0 Å². The zero-order chi connectivity index (χ0) is 12.3. The van der Waals surface area contributed by atoms with E-state index in [2.05, 4.69) is 30.2 Å². The van der Waals surface area contributed by atoms with Gasteiger partial charge in [-0.2, -0.15) is 0 Å². The Morgan fingerprint density at radius 1 is 1.41 bits per heavy atom. The lowest BCUT2D eigenvalue weighted by atomic mass is 9.87. The Kier molecular flexibility index (Phi) is 4.23. The standard InChI is InChI=1S/C14H23NOS/c1-3-8-15-9-4-6-14(16,7-10-15)13-5-11-17-12(13)2/h5,11,16H,3-4,6-10H2,1-2H3. The van der Waals surface area contributed by atoms with Gasteiger partial charge >= 0.3 is 0 Å². The van der Waals surface area contributed by atoms with Crippen molar-refractivity contribution >= 4 is 11.3 Å². The van der Waals surface area contributed by atoms with Crippen LogP contribution in [0.3, 0.4) is 0 Å². The van der Waals surface area contributed by atoms with Gasteiger partial charge in [-0.1, -0.05) is 6.92 Å². The zero-order valence-corrected chi connectivity index (χ0v) is 11.7. The molecule has 0 aliphatic carbocycles. The normalized spacial score (nSPS) is 27.0. The van der Waals surface area contributed by atoms with Crippen molar-refractivity contribution in [2.45, 2.75) is 45.1 Å². The number of likely N-dealkylation sites (tertiary alicyclic amines) is 1. The molecule has 1 N–H and O–H groups in total. The highest BCUT2D eigenvalue weighted by molar-refractivity contribution is 7.10. The Balaban J connectivity index is 2.09. The highest BCUT2D eigenvalue weighted by Crippen LogP contribution is 2.36. The monoisotopic (exact) mass is 253 g/mol. The van der Waals surface area contributed by atoms with Gasteiger partial charge in [0.2, 0.25) is 0 Å². The molecule has 2 nitrogen and oxygen atoms in total. The molecule has 2 heterocycles. The van der Waals surface area contributed by atoms with Crippen LogP contribution in [0.25, 0.3) is 0 Å². The van der Waals surface area contributed by atoms with Crippen LogP contribution in [-0.2, 0) is 5.60 Å². The second kappa shape index (κ2) is 5.51. The van der Waals surface area contributed by atoms with Crippen LogP contribution in [0.4, 0.5) is 0 Å². The molecule has 0 aromatic carbocycles. The van der Waals surface area contributed by atoms with E-state index in [4.69, 9.17) is 0 Å². The van der Waals surface area contributed by atoms with Crippen LogP contribution in [0, 0.1) is 6.92 Å². The van der Waals surface area contributed by atoms with Crippen LogP contribution >= 0.6 is 11.3 Å². The van der Waals surface area contributed by atoms with E-state index in [1.54, 1.807) is 11.3 Å². The summed E-state index contributed by atoms with van der Waals surface area (Å²) in [5, 5.41) is 13.0. The number of nitrogens with zero attached hydrogens (tertiary/aromatic N) is 1. The van der Waals surface area contributed by atoms with Crippen LogP contribution in [0.5, 0.6) is 0 Å². The van der Waals surface area contributed by atoms with Gasteiger partial charge in [0.1, 0.15) is 0 Å². The second-order valence-corrected chi connectivity index (χ2v) is 6.24. The third-order valence-corrected chi connectivity index (χ3v) is 4.65. The van der Waals surface area contributed by atoms with E-state index < -0.39 is 5.60 Å². The van der Waals surface area contributed by atoms with Crippen molar-refractivity contribution in [1.82, 2.24) is 4.90 Å². The molecule has 3 heteroatoms. The van der Waals surface area contributed by atoms with Crippen molar-refractivity contribution in [3.8, 4) is 0 Å². The average molecular weight is 253 g/mol. The highest BCUT2D eigenvalue weighted by Gasteiger charge is 2.33. The highest BCUT2D eigenvalue weighted by atomic mass is 32.1. The van der Waals surface area contributed by atoms with Gasteiger partial charge in [-0.25, -0.2) is 0 Å². The van der Waals surface area contributed by atoms with Gasteiger partial charge in [0, 0.05) is 11.4 Å². The fourth-order valence-corrected chi connectivity index (χ4v) is 3.65. The molecule has 1 atom stereocenters. The molecule has 1 aromatic rings. The van der Waals surface area contributed by atoms with Crippen LogP contribution in [-0.4, -0.2) is 29.6 Å². The van der Waals surface area contributed by atoms with Gasteiger partial charge in [0.25, 0.3) is 0 Å². The lowest BCUT2D eigenvalue weighted by molar-refractivity contribution is 0.0211.